The number of aromatic nitrogens is 3. The lowest BCUT2D eigenvalue weighted by molar-refractivity contribution is -0.118. The highest BCUT2D eigenvalue weighted by molar-refractivity contribution is 7.99. The Morgan fingerprint density at radius 3 is 2.63 bits per heavy atom. The van der Waals surface area contributed by atoms with E-state index in [1.165, 1.54) is 22.5 Å². The monoisotopic (exact) mass is 385 g/mol. The molecule has 0 aliphatic heterocycles. The summed E-state index contributed by atoms with van der Waals surface area (Å²) < 4.78 is 14.7. The predicted octanol–water partition coefficient (Wildman–Crippen LogP) is 2.82. The first-order chi connectivity index (χ1) is 12.9. The van der Waals surface area contributed by atoms with Crippen LogP contribution in [0.4, 0.5) is 4.39 Å². The Morgan fingerprint density at radius 1 is 1.19 bits per heavy atom. The second-order valence-corrected chi connectivity index (χ2v) is 7.13. The standard InChI is InChI=1S/C19H20FN5OS/c1-12-3-6-15(7-4-12)18-23-24-19(25(18)21)27-11-17(26)22-10-14-5-8-16(20)13(2)9-14/h3-9H,10-11,21H2,1-2H3,(H,22,26). The van der Waals surface area contributed by atoms with E-state index in [0.29, 0.717) is 23.1 Å². The fourth-order valence-electron chi connectivity index (χ4n) is 2.47. The maximum Gasteiger partial charge on any atom is 0.230 e. The largest absolute Gasteiger partial charge is 0.351 e. The molecule has 0 fully saturated rings. The summed E-state index contributed by atoms with van der Waals surface area (Å²) in [5.74, 6) is 6.33. The third-order valence-corrected chi connectivity index (χ3v) is 4.96. The highest BCUT2D eigenvalue weighted by Crippen LogP contribution is 2.21. The normalized spacial score (nSPS) is 10.8. The summed E-state index contributed by atoms with van der Waals surface area (Å²) in [6, 6.07) is 12.6. The molecule has 0 atom stereocenters. The zero-order chi connectivity index (χ0) is 19.4. The summed E-state index contributed by atoms with van der Waals surface area (Å²) >= 11 is 1.21. The van der Waals surface area contributed by atoms with Gasteiger partial charge in [-0.2, -0.15) is 0 Å². The van der Waals surface area contributed by atoms with E-state index < -0.39 is 0 Å². The molecule has 3 N–H and O–H groups in total. The van der Waals surface area contributed by atoms with Crippen molar-refractivity contribution in [2.45, 2.75) is 25.5 Å². The number of thioether (sulfide) groups is 1. The summed E-state index contributed by atoms with van der Waals surface area (Å²) in [5.41, 5.74) is 3.40. The topological polar surface area (TPSA) is 85.8 Å². The molecule has 8 heteroatoms. The summed E-state index contributed by atoms with van der Waals surface area (Å²) in [6.07, 6.45) is 0. The third-order valence-electron chi connectivity index (χ3n) is 4.02. The van der Waals surface area contributed by atoms with Crippen LogP contribution >= 0.6 is 11.8 Å². The van der Waals surface area contributed by atoms with Crippen LogP contribution in [-0.4, -0.2) is 26.5 Å². The van der Waals surface area contributed by atoms with Gasteiger partial charge in [-0.05, 0) is 31.0 Å². The van der Waals surface area contributed by atoms with Gasteiger partial charge in [0.1, 0.15) is 5.82 Å². The third kappa shape index (κ3) is 4.65. The molecule has 0 aliphatic carbocycles. The second kappa shape index (κ2) is 8.22. The lowest BCUT2D eigenvalue weighted by atomic mass is 10.1. The number of nitrogens with zero attached hydrogens (tertiary/aromatic N) is 3. The lowest BCUT2D eigenvalue weighted by Gasteiger charge is -2.07. The molecule has 0 aliphatic rings. The number of hydrogen-bond donors (Lipinski definition) is 2. The van der Waals surface area contributed by atoms with E-state index in [2.05, 4.69) is 15.5 Å². The molecule has 0 bridgehead atoms. The summed E-state index contributed by atoms with van der Waals surface area (Å²) in [4.78, 5) is 12.1. The molecule has 0 radical (unpaired) electrons. The van der Waals surface area contributed by atoms with Crippen molar-refractivity contribution in [3.63, 3.8) is 0 Å². The van der Waals surface area contributed by atoms with Gasteiger partial charge in [0, 0.05) is 12.1 Å². The second-order valence-electron chi connectivity index (χ2n) is 6.19. The van der Waals surface area contributed by atoms with E-state index in [-0.39, 0.29) is 17.5 Å². The zero-order valence-electron chi connectivity index (χ0n) is 15.1. The molecule has 27 heavy (non-hydrogen) atoms. The van der Waals surface area contributed by atoms with Crippen LogP contribution < -0.4 is 11.2 Å². The van der Waals surface area contributed by atoms with Crippen LogP contribution in [0.25, 0.3) is 11.4 Å². The number of nitrogen functional groups attached to an aromatic ring is 1. The number of amides is 1. The van der Waals surface area contributed by atoms with Gasteiger partial charge in [0.15, 0.2) is 5.82 Å². The summed E-state index contributed by atoms with van der Waals surface area (Å²) in [6.45, 7) is 4.03. The molecule has 0 saturated heterocycles. The fraction of sp³-hybridized carbons (Fsp3) is 0.211. The quantitative estimate of drug-likeness (QED) is 0.503. The maximum absolute atomic E-state index is 13.3. The van der Waals surface area contributed by atoms with Gasteiger partial charge in [-0.25, -0.2) is 9.07 Å². The molecule has 140 valence electrons. The van der Waals surface area contributed by atoms with Crippen LogP contribution in [0.5, 0.6) is 0 Å². The van der Waals surface area contributed by atoms with E-state index in [0.717, 1.165) is 16.7 Å². The van der Waals surface area contributed by atoms with E-state index in [1.54, 1.807) is 19.1 Å². The first-order valence-corrected chi connectivity index (χ1v) is 9.34. The van der Waals surface area contributed by atoms with Gasteiger partial charge in [-0.15, -0.1) is 10.2 Å². The molecule has 1 amide bonds. The molecule has 0 saturated carbocycles. The Balaban J connectivity index is 1.56. The van der Waals surface area contributed by atoms with Crippen LogP contribution in [-0.2, 0) is 11.3 Å². The van der Waals surface area contributed by atoms with Gasteiger partial charge in [0.05, 0.1) is 5.75 Å². The number of rotatable bonds is 6. The minimum absolute atomic E-state index is 0.156. The van der Waals surface area contributed by atoms with Crippen molar-refractivity contribution in [2.24, 2.45) is 0 Å². The molecule has 1 aromatic heterocycles. The number of nitrogens with one attached hydrogen (secondary N) is 1. The van der Waals surface area contributed by atoms with Crippen LogP contribution in [0.3, 0.4) is 0 Å². The van der Waals surface area contributed by atoms with Crippen molar-refractivity contribution in [1.82, 2.24) is 20.2 Å². The first kappa shape index (κ1) is 18.9. The summed E-state index contributed by atoms with van der Waals surface area (Å²) in [7, 11) is 0. The molecule has 0 spiro atoms. The van der Waals surface area contributed by atoms with E-state index in [9.17, 15) is 9.18 Å². The lowest BCUT2D eigenvalue weighted by Crippen LogP contribution is -2.25. The van der Waals surface area contributed by atoms with Gasteiger partial charge in [-0.3, -0.25) is 4.79 Å². The van der Waals surface area contributed by atoms with Gasteiger partial charge < -0.3 is 11.2 Å². The van der Waals surface area contributed by atoms with E-state index >= 15 is 0 Å². The van der Waals surface area contributed by atoms with E-state index in [1.807, 2.05) is 31.2 Å². The van der Waals surface area contributed by atoms with Gasteiger partial charge in [0.25, 0.3) is 0 Å². The van der Waals surface area contributed by atoms with Crippen LogP contribution in [0, 0.1) is 19.7 Å². The number of benzene rings is 2. The fourth-order valence-corrected chi connectivity index (χ4v) is 3.16. The van der Waals surface area contributed by atoms with Crippen molar-refractivity contribution in [3.05, 3.63) is 65.0 Å². The van der Waals surface area contributed by atoms with Crippen LogP contribution in [0.1, 0.15) is 16.7 Å². The average Bonchev–Trinajstić information content (AvgIpc) is 3.02. The first-order valence-electron chi connectivity index (χ1n) is 8.36. The highest BCUT2D eigenvalue weighted by atomic mass is 32.2. The molecule has 6 nitrogen and oxygen atoms in total. The van der Waals surface area contributed by atoms with Crippen molar-refractivity contribution in [3.8, 4) is 11.4 Å². The van der Waals surface area contributed by atoms with E-state index in [4.69, 9.17) is 5.84 Å². The van der Waals surface area contributed by atoms with Crippen LogP contribution in [0.15, 0.2) is 47.6 Å². The predicted molar refractivity (Wildman–Crippen MR) is 104 cm³/mol. The molecule has 3 aromatic rings. The van der Waals surface area contributed by atoms with Crippen LogP contribution in [0.2, 0.25) is 0 Å². The Hall–Kier alpha value is -2.87. The molecular formula is C19H20FN5OS. The Labute approximate surface area is 161 Å². The average molecular weight is 385 g/mol. The van der Waals surface area contributed by atoms with Gasteiger partial charge in [-0.1, -0.05) is 53.7 Å². The van der Waals surface area contributed by atoms with Crippen molar-refractivity contribution >= 4 is 17.7 Å². The molecule has 1 heterocycles. The number of hydrogen-bond acceptors (Lipinski definition) is 5. The van der Waals surface area contributed by atoms with Gasteiger partial charge >= 0.3 is 0 Å². The minimum Gasteiger partial charge on any atom is -0.351 e. The summed E-state index contributed by atoms with van der Waals surface area (Å²) in [5, 5.41) is 11.4. The smallest absolute Gasteiger partial charge is 0.230 e. The van der Waals surface area contributed by atoms with Gasteiger partial charge in [0.2, 0.25) is 11.1 Å². The number of carbonyl (C=O) groups excluding carboxylic acids is 1. The van der Waals surface area contributed by atoms with Crippen molar-refractivity contribution in [2.75, 3.05) is 11.6 Å². The Bertz CT molecular complexity index is 955. The Morgan fingerprint density at radius 2 is 1.93 bits per heavy atom. The highest BCUT2D eigenvalue weighted by Gasteiger charge is 2.13. The zero-order valence-corrected chi connectivity index (χ0v) is 15.9. The molecule has 3 rings (SSSR count). The number of carbonyl (C=O) groups is 1. The van der Waals surface area contributed by atoms with Crippen molar-refractivity contribution in [1.29, 1.82) is 0 Å². The number of aryl methyl sites for hydroxylation is 2. The maximum atomic E-state index is 13.3. The molecule has 0 unspecified atom stereocenters. The number of halogens is 1. The molecule has 2 aromatic carbocycles. The number of nitrogens with two attached hydrogens (primary N) is 1. The van der Waals surface area contributed by atoms with Crippen molar-refractivity contribution < 1.29 is 9.18 Å². The Kier molecular flexibility index (Phi) is 5.75. The molecular weight excluding hydrogens is 365 g/mol. The minimum atomic E-state index is -0.257. The SMILES string of the molecule is Cc1ccc(-c2nnc(SCC(=O)NCc3ccc(F)c(C)c3)n2N)cc1.